The molecule has 0 spiro atoms. The maximum absolute atomic E-state index is 13.5. The van der Waals surface area contributed by atoms with Crippen LogP contribution in [0.25, 0.3) is 5.76 Å². The van der Waals surface area contributed by atoms with Crippen LogP contribution in [0.15, 0.2) is 42.0 Å². The van der Waals surface area contributed by atoms with Crippen LogP contribution in [0.1, 0.15) is 73.7 Å². The van der Waals surface area contributed by atoms with Crippen LogP contribution < -0.4 is 9.64 Å². The number of Topliss-reactive ketones (excluding diaryl/α,β-unsaturated/α-hetero) is 1. The Morgan fingerprint density at radius 1 is 1.09 bits per heavy atom. The molecule has 2 fully saturated rings. The largest absolute Gasteiger partial charge is 0.507 e. The third-order valence-electron chi connectivity index (χ3n) is 7.38. The topological polar surface area (TPSA) is 70.1 Å². The van der Waals surface area contributed by atoms with E-state index in [1.165, 1.54) is 0 Å². The predicted octanol–water partition coefficient (Wildman–Crippen LogP) is 5.56. The van der Waals surface area contributed by atoms with E-state index in [0.29, 0.717) is 5.56 Å². The van der Waals surface area contributed by atoms with Gasteiger partial charge >= 0.3 is 0 Å². The molecule has 4 rings (SSSR count). The summed E-state index contributed by atoms with van der Waals surface area (Å²) >= 11 is 0. The Bertz CT molecular complexity index is 1160. The summed E-state index contributed by atoms with van der Waals surface area (Å²) < 4.78 is 5.56. The lowest BCUT2D eigenvalue weighted by atomic mass is 9.90. The Balaban J connectivity index is 1.91. The Kier molecular flexibility index (Phi) is 6.93. The predicted molar refractivity (Wildman–Crippen MR) is 139 cm³/mol. The van der Waals surface area contributed by atoms with Crippen molar-refractivity contribution >= 4 is 23.1 Å². The molecule has 1 aliphatic heterocycles. The van der Waals surface area contributed by atoms with Crippen LogP contribution in [0.2, 0.25) is 0 Å². The Morgan fingerprint density at radius 3 is 2.26 bits per heavy atom. The summed E-state index contributed by atoms with van der Waals surface area (Å²) in [6.45, 7) is 6.00. The molecule has 2 aliphatic rings. The van der Waals surface area contributed by atoms with Crippen LogP contribution in [0.5, 0.6) is 5.75 Å². The van der Waals surface area contributed by atoms with Gasteiger partial charge in [-0.1, -0.05) is 38.8 Å². The number of ether oxygens (including phenoxy) is 1. The number of methoxy groups -OCH3 is 1. The molecule has 0 bridgehead atoms. The number of hydrogen-bond donors (Lipinski definition) is 1. The van der Waals surface area contributed by atoms with Crippen LogP contribution in [0, 0.1) is 6.92 Å². The number of aliphatic hydroxyl groups is 1. The molecule has 0 radical (unpaired) electrons. The highest BCUT2D eigenvalue weighted by atomic mass is 16.5. The van der Waals surface area contributed by atoms with Gasteiger partial charge in [0.2, 0.25) is 0 Å². The normalized spacial score (nSPS) is 20.2. The average Bonchev–Trinajstić information content (AvgIpc) is 3.45. The lowest BCUT2D eigenvalue weighted by Crippen LogP contribution is -2.37. The zero-order valence-electron chi connectivity index (χ0n) is 21.6. The van der Waals surface area contributed by atoms with Gasteiger partial charge in [-0.05, 0) is 66.6 Å². The first kappa shape index (κ1) is 24.8. The second kappa shape index (κ2) is 9.76. The molecule has 2 aromatic rings. The van der Waals surface area contributed by atoms with Gasteiger partial charge in [-0.2, -0.15) is 0 Å². The highest BCUT2D eigenvalue weighted by molar-refractivity contribution is 6.46. The zero-order valence-corrected chi connectivity index (χ0v) is 21.6. The highest BCUT2D eigenvalue weighted by Crippen LogP contribution is 2.44. The van der Waals surface area contributed by atoms with Crippen LogP contribution in [0.3, 0.4) is 0 Å². The number of benzene rings is 2. The summed E-state index contributed by atoms with van der Waals surface area (Å²) in [5.41, 5.74) is 4.32. The molecule has 1 heterocycles. The van der Waals surface area contributed by atoms with E-state index < -0.39 is 17.7 Å². The standard InChI is InChI=1S/C29H36N2O4/c1-17(2)22-16-23(18(3)15-24(22)35-6)27(32)25-26(19-11-13-20(14-12-19)30(4)5)31(29(34)28(25)33)21-9-7-8-10-21/h11-17,21,26,32H,7-10H2,1-6H3/b27-25+. The maximum Gasteiger partial charge on any atom is 0.295 e. The molecule has 1 N–H and O–H groups in total. The summed E-state index contributed by atoms with van der Waals surface area (Å²) in [7, 11) is 5.57. The van der Waals surface area contributed by atoms with E-state index in [2.05, 4.69) is 13.8 Å². The lowest BCUT2D eigenvalue weighted by molar-refractivity contribution is -0.141. The van der Waals surface area contributed by atoms with Crippen molar-refractivity contribution in [3.8, 4) is 5.75 Å². The quantitative estimate of drug-likeness (QED) is 0.336. The number of nitrogens with zero attached hydrogens (tertiary/aromatic N) is 2. The highest BCUT2D eigenvalue weighted by Gasteiger charge is 2.49. The number of carbonyl (C=O) groups excluding carboxylic acids is 2. The number of aliphatic hydroxyl groups excluding tert-OH is 1. The van der Waals surface area contributed by atoms with Crippen molar-refractivity contribution < 1.29 is 19.4 Å². The smallest absolute Gasteiger partial charge is 0.295 e. The molecule has 6 nitrogen and oxygen atoms in total. The first-order valence-corrected chi connectivity index (χ1v) is 12.4. The zero-order chi connectivity index (χ0) is 25.4. The van der Waals surface area contributed by atoms with Crippen molar-refractivity contribution in [2.24, 2.45) is 0 Å². The minimum atomic E-state index is -0.614. The van der Waals surface area contributed by atoms with Gasteiger partial charge in [0, 0.05) is 31.4 Å². The number of amides is 1. The number of likely N-dealkylation sites (tertiary alicyclic amines) is 1. The summed E-state index contributed by atoms with van der Waals surface area (Å²) in [6, 6.07) is 11.1. The van der Waals surface area contributed by atoms with Crippen molar-refractivity contribution in [1.29, 1.82) is 0 Å². The van der Waals surface area contributed by atoms with Crippen molar-refractivity contribution in [2.45, 2.75) is 64.5 Å². The molecule has 1 saturated heterocycles. The van der Waals surface area contributed by atoms with Gasteiger partial charge in [0.25, 0.3) is 11.7 Å². The molecule has 186 valence electrons. The van der Waals surface area contributed by atoms with E-state index in [1.807, 2.05) is 62.3 Å². The number of aryl methyl sites for hydroxylation is 1. The van der Waals surface area contributed by atoms with Gasteiger partial charge in [0.15, 0.2) is 0 Å². The van der Waals surface area contributed by atoms with E-state index >= 15 is 0 Å². The molecule has 1 aliphatic carbocycles. The lowest BCUT2D eigenvalue weighted by Gasteiger charge is -2.31. The Hall–Kier alpha value is -3.28. The second-order valence-electron chi connectivity index (χ2n) is 10.2. The molecule has 35 heavy (non-hydrogen) atoms. The summed E-state index contributed by atoms with van der Waals surface area (Å²) in [5.74, 6) is -0.343. The molecule has 1 saturated carbocycles. The van der Waals surface area contributed by atoms with Crippen molar-refractivity contribution in [2.75, 3.05) is 26.1 Å². The fraction of sp³-hybridized carbons (Fsp3) is 0.448. The van der Waals surface area contributed by atoms with Crippen LogP contribution >= 0.6 is 0 Å². The third kappa shape index (κ3) is 4.42. The van der Waals surface area contributed by atoms with Crippen LogP contribution in [-0.2, 0) is 9.59 Å². The van der Waals surface area contributed by atoms with E-state index in [-0.39, 0.29) is 23.3 Å². The van der Waals surface area contributed by atoms with Crippen LogP contribution in [-0.4, -0.2) is 48.9 Å². The molecule has 1 unspecified atom stereocenters. The molecule has 0 aromatic heterocycles. The number of hydrogen-bond acceptors (Lipinski definition) is 5. The first-order chi connectivity index (χ1) is 16.6. The average molecular weight is 477 g/mol. The second-order valence-corrected chi connectivity index (χ2v) is 10.2. The number of anilines is 1. The molecular weight excluding hydrogens is 440 g/mol. The Morgan fingerprint density at radius 2 is 1.71 bits per heavy atom. The van der Waals surface area contributed by atoms with Gasteiger partial charge < -0.3 is 19.6 Å². The van der Waals surface area contributed by atoms with Gasteiger partial charge in [0.05, 0.1) is 18.7 Å². The molecule has 1 atom stereocenters. The fourth-order valence-electron chi connectivity index (χ4n) is 5.42. The van der Waals surface area contributed by atoms with E-state index in [0.717, 1.165) is 53.8 Å². The summed E-state index contributed by atoms with van der Waals surface area (Å²) in [5, 5.41) is 11.6. The van der Waals surface area contributed by atoms with Crippen LogP contribution in [0.4, 0.5) is 5.69 Å². The Labute approximate surface area is 208 Å². The molecule has 6 heteroatoms. The summed E-state index contributed by atoms with van der Waals surface area (Å²) in [4.78, 5) is 30.6. The molecule has 1 amide bonds. The molecule has 2 aromatic carbocycles. The third-order valence-corrected chi connectivity index (χ3v) is 7.38. The molecular formula is C29H36N2O4. The van der Waals surface area contributed by atoms with Gasteiger partial charge in [-0.25, -0.2) is 0 Å². The number of ketones is 1. The maximum atomic E-state index is 13.5. The first-order valence-electron chi connectivity index (χ1n) is 12.4. The van der Waals surface area contributed by atoms with Gasteiger partial charge in [-0.3, -0.25) is 9.59 Å². The van der Waals surface area contributed by atoms with E-state index in [4.69, 9.17) is 4.74 Å². The van der Waals surface area contributed by atoms with Crippen molar-refractivity contribution in [3.63, 3.8) is 0 Å². The van der Waals surface area contributed by atoms with Gasteiger partial charge in [0.1, 0.15) is 11.5 Å². The SMILES string of the molecule is COc1cc(C)c(/C(O)=C2\C(=O)C(=O)N(C3CCCC3)C2c2ccc(N(C)C)cc2)cc1C(C)C. The van der Waals surface area contributed by atoms with Crippen molar-refractivity contribution in [1.82, 2.24) is 4.90 Å². The van der Waals surface area contributed by atoms with Crippen molar-refractivity contribution in [3.05, 3.63) is 64.2 Å². The minimum Gasteiger partial charge on any atom is -0.507 e. The van der Waals surface area contributed by atoms with Gasteiger partial charge in [-0.15, -0.1) is 0 Å². The minimum absolute atomic E-state index is 0.00142. The van der Waals surface area contributed by atoms with E-state index in [9.17, 15) is 14.7 Å². The summed E-state index contributed by atoms with van der Waals surface area (Å²) in [6.07, 6.45) is 3.82. The number of rotatable bonds is 6. The van der Waals surface area contributed by atoms with E-state index in [1.54, 1.807) is 12.0 Å². The number of carbonyl (C=O) groups is 2. The monoisotopic (exact) mass is 476 g/mol. The fourth-order valence-corrected chi connectivity index (χ4v) is 5.42.